The summed E-state index contributed by atoms with van der Waals surface area (Å²) in [6, 6.07) is 13.2. The van der Waals surface area contributed by atoms with Gasteiger partial charge in [0, 0.05) is 5.92 Å². The van der Waals surface area contributed by atoms with Crippen molar-refractivity contribution in [3.63, 3.8) is 0 Å². The summed E-state index contributed by atoms with van der Waals surface area (Å²) in [5.74, 6) is 2.49. The largest absolute Gasteiger partial charge is 0.514 e. The van der Waals surface area contributed by atoms with Gasteiger partial charge in [0.25, 0.3) is 0 Å². The third-order valence-corrected chi connectivity index (χ3v) is 13.9. The summed E-state index contributed by atoms with van der Waals surface area (Å²) >= 11 is 0. The Morgan fingerprint density at radius 3 is 1.00 bits per heavy atom. The number of hydrogen-bond acceptors (Lipinski definition) is 9. The fourth-order valence-corrected chi connectivity index (χ4v) is 10.9. The zero-order valence-corrected chi connectivity index (χ0v) is 43.3. The predicted octanol–water partition coefficient (Wildman–Crippen LogP) is 17.0. The molecule has 0 spiro atoms. The molecule has 0 amide bonds. The van der Waals surface area contributed by atoms with E-state index in [0.29, 0.717) is 17.2 Å². The maximum Gasteiger partial charge on any atom is 0.514 e. The van der Waals surface area contributed by atoms with Crippen LogP contribution in [0.2, 0.25) is 0 Å². The molecule has 0 aromatic heterocycles. The summed E-state index contributed by atoms with van der Waals surface area (Å²) in [6.07, 6.45) is 15.3. The van der Waals surface area contributed by atoms with Gasteiger partial charge in [-0.25, -0.2) is 14.4 Å². The first-order valence-electron chi connectivity index (χ1n) is 25.6. The maximum atomic E-state index is 13.3. The van der Waals surface area contributed by atoms with E-state index in [1.54, 1.807) is 0 Å². The Hall–Kier alpha value is -4.53. The highest BCUT2D eigenvalue weighted by molar-refractivity contribution is 5.68. The number of hydrogen-bond donors (Lipinski definition) is 0. The van der Waals surface area contributed by atoms with Crippen LogP contribution in [-0.2, 0) is 14.2 Å². The molecule has 9 nitrogen and oxygen atoms in total. The van der Waals surface area contributed by atoms with Crippen molar-refractivity contribution in [3.05, 3.63) is 86.5 Å². The molecule has 0 aliphatic heterocycles. The van der Waals surface area contributed by atoms with Gasteiger partial charge in [-0.1, -0.05) is 82.9 Å². The predicted molar refractivity (Wildman–Crippen MR) is 266 cm³/mol. The second-order valence-electron chi connectivity index (χ2n) is 23.1. The van der Waals surface area contributed by atoms with Gasteiger partial charge in [0.1, 0.15) is 34.1 Å². The van der Waals surface area contributed by atoms with E-state index in [1.807, 2.05) is 62.3 Å². The maximum absolute atomic E-state index is 13.3. The smallest absolute Gasteiger partial charge is 0.428 e. The Bertz CT molecular complexity index is 2100. The SMILES string of the molecule is Cc1cc(OC(=O)OC(C)(C)C)c(C2CCCCC2)cc1C(C)CC(c1cc(C2CCCCC2)c(OC(=O)OC(C)(C)C)cc1C)c1cc(C2CCCCC2)c(OC(=O)OC(C)(C)C)cc1C. The van der Waals surface area contributed by atoms with E-state index in [2.05, 4.69) is 64.1 Å². The molecule has 0 N–H and O–H groups in total. The van der Waals surface area contributed by atoms with Crippen LogP contribution in [0.25, 0.3) is 0 Å². The van der Waals surface area contributed by atoms with Gasteiger partial charge in [-0.15, -0.1) is 0 Å². The van der Waals surface area contributed by atoms with Crippen molar-refractivity contribution >= 4 is 18.5 Å². The highest BCUT2D eigenvalue weighted by Gasteiger charge is 2.33. The highest BCUT2D eigenvalue weighted by Crippen LogP contribution is 2.48. The van der Waals surface area contributed by atoms with Gasteiger partial charge in [0.15, 0.2) is 0 Å². The van der Waals surface area contributed by atoms with E-state index >= 15 is 0 Å². The van der Waals surface area contributed by atoms with Crippen LogP contribution in [0, 0.1) is 20.8 Å². The first-order valence-corrected chi connectivity index (χ1v) is 25.6. The number of ether oxygens (including phenoxy) is 6. The minimum Gasteiger partial charge on any atom is -0.428 e. The average Bonchev–Trinajstić information content (AvgIpc) is 3.22. The van der Waals surface area contributed by atoms with Crippen molar-refractivity contribution in [3.8, 4) is 17.2 Å². The van der Waals surface area contributed by atoms with Crippen molar-refractivity contribution in [2.24, 2.45) is 0 Å². The molecule has 0 bridgehead atoms. The number of rotatable bonds is 11. The van der Waals surface area contributed by atoms with E-state index < -0.39 is 35.3 Å². The molecule has 3 aromatic rings. The van der Waals surface area contributed by atoms with Crippen molar-refractivity contribution < 1.29 is 42.8 Å². The molecule has 3 saturated carbocycles. The van der Waals surface area contributed by atoms with Crippen LogP contribution in [0.5, 0.6) is 17.2 Å². The normalized spacial score (nSPS) is 17.5. The van der Waals surface area contributed by atoms with E-state index in [4.69, 9.17) is 28.4 Å². The lowest BCUT2D eigenvalue weighted by molar-refractivity contribution is 0.0190. The molecule has 368 valence electrons. The molecule has 0 saturated heterocycles. The second-order valence-corrected chi connectivity index (χ2v) is 23.1. The zero-order chi connectivity index (χ0) is 48.8. The Labute approximate surface area is 402 Å². The van der Waals surface area contributed by atoms with E-state index in [9.17, 15) is 14.4 Å². The van der Waals surface area contributed by atoms with Crippen LogP contribution in [0.1, 0.15) is 252 Å². The summed E-state index contributed by atoms with van der Waals surface area (Å²) in [6.45, 7) is 25.4. The molecule has 9 heteroatoms. The molecule has 67 heavy (non-hydrogen) atoms. The summed E-state index contributed by atoms with van der Waals surface area (Å²) in [4.78, 5) is 39.8. The van der Waals surface area contributed by atoms with Gasteiger partial charge >= 0.3 is 18.5 Å². The first-order chi connectivity index (χ1) is 31.4. The first kappa shape index (κ1) is 51.9. The summed E-state index contributed by atoms with van der Waals surface area (Å²) in [5.41, 5.74) is 7.86. The Kier molecular flexibility index (Phi) is 16.9. The fourth-order valence-electron chi connectivity index (χ4n) is 10.9. The second kappa shape index (κ2) is 21.8. The monoisotopic (exact) mass is 923 g/mol. The van der Waals surface area contributed by atoms with Crippen molar-refractivity contribution in [1.82, 2.24) is 0 Å². The minimum absolute atomic E-state index is 0.0772. The van der Waals surface area contributed by atoms with Gasteiger partial charge in [0.2, 0.25) is 0 Å². The van der Waals surface area contributed by atoms with Crippen LogP contribution >= 0.6 is 0 Å². The molecule has 3 aliphatic rings. The standard InChI is InChI=1S/C58H82O9/c1-36(43-33-46(40-23-17-14-18-24-40)50(30-37(43)2)62-53(59)65-56(5,6)7)29-49(44-34-47(41-25-19-15-20-26-41)51(31-38(44)3)63-54(60)66-57(8,9)10)45-35-48(42-27-21-16-22-28-42)52(32-39(45)4)64-55(61)67-58(11,12)13/h30-36,40-42,49H,14-29H2,1-13H3. The lowest BCUT2D eigenvalue weighted by Gasteiger charge is -2.32. The Morgan fingerprint density at radius 2 is 0.716 bits per heavy atom. The lowest BCUT2D eigenvalue weighted by Crippen LogP contribution is -2.26. The molecule has 0 radical (unpaired) electrons. The van der Waals surface area contributed by atoms with E-state index in [1.165, 1.54) is 36.0 Å². The summed E-state index contributed by atoms with van der Waals surface area (Å²) in [5, 5.41) is 0. The highest BCUT2D eigenvalue weighted by atomic mass is 16.7. The minimum atomic E-state index is -0.696. The number of benzene rings is 3. The Morgan fingerprint density at radius 1 is 0.448 bits per heavy atom. The third kappa shape index (κ3) is 14.5. The van der Waals surface area contributed by atoms with Gasteiger partial charge in [-0.3, -0.25) is 0 Å². The van der Waals surface area contributed by atoms with E-state index in [-0.39, 0.29) is 29.6 Å². The number of aryl methyl sites for hydroxylation is 3. The lowest BCUT2D eigenvalue weighted by atomic mass is 9.74. The molecule has 3 aromatic carbocycles. The average molecular weight is 923 g/mol. The number of carbonyl (C=O) groups is 3. The van der Waals surface area contributed by atoms with Gasteiger partial charge in [0.05, 0.1) is 0 Å². The summed E-state index contributed by atoms with van der Waals surface area (Å²) in [7, 11) is 0. The quantitative estimate of drug-likeness (QED) is 0.106. The molecular weight excluding hydrogens is 841 g/mol. The molecule has 0 heterocycles. The van der Waals surface area contributed by atoms with Crippen LogP contribution < -0.4 is 14.2 Å². The number of carbonyl (C=O) groups excluding carboxylic acids is 3. The zero-order valence-electron chi connectivity index (χ0n) is 43.3. The molecule has 3 aliphatic carbocycles. The van der Waals surface area contributed by atoms with Crippen LogP contribution in [0.3, 0.4) is 0 Å². The van der Waals surface area contributed by atoms with Crippen molar-refractivity contribution in [2.75, 3.05) is 0 Å². The van der Waals surface area contributed by atoms with Crippen LogP contribution in [-0.4, -0.2) is 35.3 Å². The van der Waals surface area contributed by atoms with Gasteiger partial charge < -0.3 is 28.4 Å². The van der Waals surface area contributed by atoms with E-state index in [0.717, 1.165) is 117 Å². The third-order valence-electron chi connectivity index (χ3n) is 13.9. The van der Waals surface area contributed by atoms with Gasteiger partial charge in [-0.05, 0) is 220 Å². The Balaban J connectivity index is 1.52. The molecule has 6 rings (SSSR count). The molecule has 1 atom stereocenters. The van der Waals surface area contributed by atoms with Gasteiger partial charge in [-0.2, -0.15) is 0 Å². The molecule has 1 unspecified atom stereocenters. The van der Waals surface area contributed by atoms with Crippen LogP contribution in [0.15, 0.2) is 36.4 Å². The fraction of sp³-hybridized carbons (Fsp3) is 0.638. The van der Waals surface area contributed by atoms with Crippen molar-refractivity contribution in [1.29, 1.82) is 0 Å². The molecular formula is C58H82O9. The molecule has 3 fully saturated rings. The van der Waals surface area contributed by atoms with Crippen molar-refractivity contribution in [2.45, 2.75) is 239 Å². The summed E-state index contributed by atoms with van der Waals surface area (Å²) < 4.78 is 35.4. The topological polar surface area (TPSA) is 107 Å². The van der Waals surface area contributed by atoms with Crippen LogP contribution in [0.4, 0.5) is 14.4 Å².